The Balaban J connectivity index is 1.64. The molecule has 0 bridgehead atoms. The van der Waals surface area contributed by atoms with Crippen molar-refractivity contribution in [2.45, 2.75) is 37.8 Å². The molecule has 1 amide bonds. The summed E-state index contributed by atoms with van der Waals surface area (Å²) >= 11 is 0. The highest BCUT2D eigenvalue weighted by Crippen LogP contribution is 2.41. The lowest BCUT2D eigenvalue weighted by Crippen LogP contribution is -2.25. The minimum absolute atomic E-state index is 0.178. The summed E-state index contributed by atoms with van der Waals surface area (Å²) in [5, 5.41) is 2.95. The first-order chi connectivity index (χ1) is 8.17. The van der Waals surface area contributed by atoms with Crippen molar-refractivity contribution in [1.82, 2.24) is 10.3 Å². The van der Waals surface area contributed by atoms with Crippen LogP contribution in [-0.2, 0) is 16.9 Å². The summed E-state index contributed by atoms with van der Waals surface area (Å²) in [6.07, 6.45) is 5.88. The quantitative estimate of drug-likeness (QED) is 0.814. The molecule has 4 nitrogen and oxygen atoms in total. The van der Waals surface area contributed by atoms with Gasteiger partial charge in [0.15, 0.2) is 0 Å². The standard InChI is InChI=1S/C13H17N3O/c14-13(4-5-13)11-7-9(3-6-15-11)8-16-12(17)10-1-2-10/h3,6-7,10H,1-2,4-5,8,14H2,(H,16,17). The van der Waals surface area contributed by atoms with Crippen molar-refractivity contribution in [1.29, 1.82) is 0 Å². The van der Waals surface area contributed by atoms with Gasteiger partial charge in [-0.25, -0.2) is 0 Å². The summed E-state index contributed by atoms with van der Waals surface area (Å²) in [5.41, 5.74) is 7.94. The van der Waals surface area contributed by atoms with E-state index in [1.165, 1.54) is 0 Å². The first-order valence-electron chi connectivity index (χ1n) is 6.19. The first kappa shape index (κ1) is 10.7. The van der Waals surface area contributed by atoms with Gasteiger partial charge in [0.2, 0.25) is 5.91 Å². The van der Waals surface area contributed by atoms with E-state index in [1.807, 2.05) is 12.1 Å². The molecule has 0 radical (unpaired) electrons. The minimum atomic E-state index is -0.198. The zero-order valence-electron chi connectivity index (χ0n) is 9.78. The average Bonchev–Trinajstić information content (AvgIpc) is 3.21. The summed E-state index contributed by atoms with van der Waals surface area (Å²) in [7, 11) is 0. The third-order valence-corrected chi connectivity index (χ3v) is 3.54. The smallest absolute Gasteiger partial charge is 0.223 e. The van der Waals surface area contributed by atoms with Gasteiger partial charge in [0, 0.05) is 18.7 Å². The molecule has 2 aliphatic rings. The maximum Gasteiger partial charge on any atom is 0.223 e. The van der Waals surface area contributed by atoms with Gasteiger partial charge in [-0.3, -0.25) is 9.78 Å². The first-order valence-corrected chi connectivity index (χ1v) is 6.19. The molecular weight excluding hydrogens is 214 g/mol. The lowest BCUT2D eigenvalue weighted by atomic mass is 10.1. The van der Waals surface area contributed by atoms with Crippen LogP contribution in [0.4, 0.5) is 0 Å². The Morgan fingerprint density at radius 2 is 2.29 bits per heavy atom. The third-order valence-electron chi connectivity index (χ3n) is 3.54. The summed E-state index contributed by atoms with van der Waals surface area (Å²) in [5.74, 6) is 0.442. The maximum absolute atomic E-state index is 11.5. The van der Waals surface area contributed by atoms with Crippen molar-refractivity contribution < 1.29 is 4.79 Å². The van der Waals surface area contributed by atoms with Crippen molar-refractivity contribution >= 4 is 5.91 Å². The molecule has 2 fully saturated rings. The Kier molecular flexibility index (Phi) is 2.40. The maximum atomic E-state index is 11.5. The van der Waals surface area contributed by atoms with Gasteiger partial charge in [0.05, 0.1) is 11.2 Å². The van der Waals surface area contributed by atoms with Gasteiger partial charge >= 0.3 is 0 Å². The fourth-order valence-electron chi connectivity index (χ4n) is 1.93. The van der Waals surface area contributed by atoms with Gasteiger partial charge in [0.1, 0.15) is 0 Å². The molecular formula is C13H17N3O. The SMILES string of the molecule is NC1(c2cc(CNC(=O)C3CC3)ccn2)CC1. The van der Waals surface area contributed by atoms with Crippen molar-refractivity contribution in [3.05, 3.63) is 29.6 Å². The molecule has 2 saturated carbocycles. The normalized spacial score (nSPS) is 21.0. The largest absolute Gasteiger partial charge is 0.352 e. The summed E-state index contributed by atoms with van der Waals surface area (Å²) in [6, 6.07) is 3.95. The molecule has 90 valence electrons. The van der Waals surface area contributed by atoms with Crippen LogP contribution in [0.25, 0.3) is 0 Å². The molecule has 0 aliphatic heterocycles. The highest BCUT2D eigenvalue weighted by Gasteiger charge is 2.41. The fraction of sp³-hybridized carbons (Fsp3) is 0.538. The molecule has 0 atom stereocenters. The van der Waals surface area contributed by atoms with E-state index in [9.17, 15) is 4.79 Å². The molecule has 0 unspecified atom stereocenters. The number of aromatic nitrogens is 1. The topological polar surface area (TPSA) is 68.0 Å². The molecule has 1 heterocycles. The van der Waals surface area contributed by atoms with Crippen molar-refractivity contribution in [2.24, 2.45) is 11.7 Å². The molecule has 1 aromatic heterocycles. The molecule has 3 N–H and O–H groups in total. The summed E-state index contributed by atoms with van der Waals surface area (Å²) in [6.45, 7) is 0.584. The zero-order chi connectivity index (χ0) is 11.9. The molecule has 2 aliphatic carbocycles. The van der Waals surface area contributed by atoms with Gasteiger partial charge in [-0.1, -0.05) is 0 Å². The number of amides is 1. The molecule has 0 spiro atoms. The average molecular weight is 231 g/mol. The predicted molar refractivity (Wildman–Crippen MR) is 63.9 cm³/mol. The van der Waals surface area contributed by atoms with Crippen LogP contribution in [0.3, 0.4) is 0 Å². The van der Waals surface area contributed by atoms with Gasteiger partial charge in [-0.05, 0) is 43.4 Å². The van der Waals surface area contributed by atoms with Crippen LogP contribution in [0, 0.1) is 5.92 Å². The van der Waals surface area contributed by atoms with Crippen LogP contribution >= 0.6 is 0 Å². The Morgan fingerprint density at radius 3 is 2.94 bits per heavy atom. The highest BCUT2D eigenvalue weighted by molar-refractivity contribution is 5.80. The predicted octanol–water partition coefficient (Wildman–Crippen LogP) is 1.06. The number of pyridine rings is 1. The Labute approximate surface area is 101 Å². The van der Waals surface area contributed by atoms with Gasteiger partial charge < -0.3 is 11.1 Å². The molecule has 17 heavy (non-hydrogen) atoms. The van der Waals surface area contributed by atoms with E-state index in [0.717, 1.165) is 36.9 Å². The van der Waals surface area contributed by atoms with Crippen LogP contribution in [-0.4, -0.2) is 10.9 Å². The number of hydrogen-bond acceptors (Lipinski definition) is 3. The highest BCUT2D eigenvalue weighted by atomic mass is 16.2. The summed E-state index contributed by atoms with van der Waals surface area (Å²) < 4.78 is 0. The summed E-state index contributed by atoms with van der Waals surface area (Å²) in [4.78, 5) is 15.8. The lowest BCUT2D eigenvalue weighted by molar-refractivity contribution is -0.122. The van der Waals surface area contributed by atoms with Crippen LogP contribution in [0.2, 0.25) is 0 Å². The van der Waals surface area contributed by atoms with Gasteiger partial charge in [-0.15, -0.1) is 0 Å². The zero-order valence-corrected chi connectivity index (χ0v) is 9.78. The Morgan fingerprint density at radius 1 is 1.53 bits per heavy atom. The van der Waals surface area contributed by atoms with Crippen LogP contribution in [0.5, 0.6) is 0 Å². The molecule has 0 saturated heterocycles. The van der Waals surface area contributed by atoms with E-state index in [-0.39, 0.29) is 17.4 Å². The van der Waals surface area contributed by atoms with E-state index >= 15 is 0 Å². The van der Waals surface area contributed by atoms with Gasteiger partial charge in [0.25, 0.3) is 0 Å². The van der Waals surface area contributed by atoms with Crippen LogP contribution in [0.1, 0.15) is 36.9 Å². The number of nitrogens with zero attached hydrogens (tertiary/aromatic N) is 1. The Hall–Kier alpha value is -1.42. The van der Waals surface area contributed by atoms with Crippen molar-refractivity contribution in [3.63, 3.8) is 0 Å². The second-order valence-electron chi connectivity index (χ2n) is 5.20. The minimum Gasteiger partial charge on any atom is -0.352 e. The van der Waals surface area contributed by atoms with Crippen molar-refractivity contribution in [2.75, 3.05) is 0 Å². The van der Waals surface area contributed by atoms with E-state index < -0.39 is 0 Å². The van der Waals surface area contributed by atoms with Crippen LogP contribution < -0.4 is 11.1 Å². The number of nitrogens with one attached hydrogen (secondary N) is 1. The number of carbonyl (C=O) groups excluding carboxylic acids is 1. The number of rotatable bonds is 4. The lowest BCUT2D eigenvalue weighted by Gasteiger charge is -2.10. The van der Waals surface area contributed by atoms with E-state index in [0.29, 0.717) is 6.54 Å². The number of hydrogen-bond donors (Lipinski definition) is 2. The second kappa shape index (κ2) is 3.81. The number of nitrogens with two attached hydrogens (primary N) is 1. The fourth-order valence-corrected chi connectivity index (χ4v) is 1.93. The van der Waals surface area contributed by atoms with Crippen LogP contribution in [0.15, 0.2) is 18.3 Å². The molecule has 3 rings (SSSR count). The Bertz CT molecular complexity index is 450. The monoisotopic (exact) mass is 231 g/mol. The van der Waals surface area contributed by atoms with Crippen molar-refractivity contribution in [3.8, 4) is 0 Å². The second-order valence-corrected chi connectivity index (χ2v) is 5.20. The molecule has 4 heteroatoms. The molecule has 0 aromatic carbocycles. The molecule has 1 aromatic rings. The van der Waals surface area contributed by atoms with Gasteiger partial charge in [-0.2, -0.15) is 0 Å². The van der Waals surface area contributed by atoms with E-state index in [1.54, 1.807) is 6.20 Å². The van der Waals surface area contributed by atoms with E-state index in [2.05, 4.69) is 10.3 Å². The van der Waals surface area contributed by atoms with E-state index in [4.69, 9.17) is 5.73 Å². The third kappa shape index (κ3) is 2.31. The number of carbonyl (C=O) groups is 1.